The number of benzene rings is 1. The van der Waals surface area contributed by atoms with Crippen LogP contribution in [0.25, 0.3) is 0 Å². The molecule has 0 aromatic heterocycles. The molecule has 1 saturated heterocycles. The van der Waals surface area contributed by atoms with Crippen LogP contribution in [0, 0.1) is 5.82 Å². The molecule has 0 spiro atoms. The molecule has 1 aromatic rings. The summed E-state index contributed by atoms with van der Waals surface area (Å²) in [6.45, 7) is 4.21. The van der Waals surface area contributed by atoms with Crippen molar-refractivity contribution >= 4 is 17.3 Å². The summed E-state index contributed by atoms with van der Waals surface area (Å²) in [4.78, 5) is 2.41. The van der Waals surface area contributed by atoms with Gasteiger partial charge >= 0.3 is 0 Å². The molecule has 0 saturated carbocycles. The third kappa shape index (κ3) is 3.35. The number of hydrogen-bond donors (Lipinski definition) is 1. The standard InChI is InChI=1S/C12H16ClFN2/c13-10-7-11(14)9-12(8-10)15-3-6-16-4-1-2-5-16/h7-9,15H,1-6H2. The fourth-order valence-corrected chi connectivity index (χ4v) is 2.24. The molecule has 0 radical (unpaired) electrons. The zero-order valence-corrected chi connectivity index (χ0v) is 9.93. The molecule has 1 heterocycles. The molecule has 2 nitrogen and oxygen atoms in total. The van der Waals surface area contributed by atoms with Crippen LogP contribution in [0.2, 0.25) is 5.02 Å². The lowest BCUT2D eigenvalue weighted by Crippen LogP contribution is -2.25. The van der Waals surface area contributed by atoms with Gasteiger partial charge in [-0.3, -0.25) is 0 Å². The summed E-state index contributed by atoms with van der Waals surface area (Å²) in [5.41, 5.74) is 0.754. The Morgan fingerprint density at radius 2 is 2.00 bits per heavy atom. The zero-order chi connectivity index (χ0) is 11.4. The van der Waals surface area contributed by atoms with Crippen LogP contribution in [0.15, 0.2) is 18.2 Å². The third-order valence-electron chi connectivity index (χ3n) is 2.82. The molecule has 1 aromatic carbocycles. The Bertz CT molecular complexity index is 331. The molecule has 0 bridgehead atoms. The topological polar surface area (TPSA) is 15.3 Å². The zero-order valence-electron chi connectivity index (χ0n) is 9.18. The van der Waals surface area contributed by atoms with Crippen LogP contribution in [0.3, 0.4) is 0 Å². The van der Waals surface area contributed by atoms with Crippen molar-refractivity contribution in [3.63, 3.8) is 0 Å². The summed E-state index contributed by atoms with van der Waals surface area (Å²) in [5.74, 6) is -0.295. The molecule has 1 aliphatic rings. The van der Waals surface area contributed by atoms with E-state index in [4.69, 9.17) is 11.6 Å². The summed E-state index contributed by atoms with van der Waals surface area (Å²) in [6.07, 6.45) is 2.59. The minimum Gasteiger partial charge on any atom is -0.384 e. The minimum absolute atomic E-state index is 0.295. The molecule has 88 valence electrons. The third-order valence-corrected chi connectivity index (χ3v) is 3.04. The van der Waals surface area contributed by atoms with Crippen molar-refractivity contribution in [2.45, 2.75) is 12.8 Å². The minimum atomic E-state index is -0.295. The quantitative estimate of drug-likeness (QED) is 0.873. The average molecular weight is 243 g/mol. The number of anilines is 1. The van der Waals surface area contributed by atoms with Crippen LogP contribution in [0.4, 0.5) is 10.1 Å². The summed E-state index contributed by atoms with van der Waals surface area (Å²) in [6, 6.07) is 4.53. The van der Waals surface area contributed by atoms with Gasteiger partial charge in [0.25, 0.3) is 0 Å². The van der Waals surface area contributed by atoms with E-state index < -0.39 is 0 Å². The van der Waals surface area contributed by atoms with E-state index in [-0.39, 0.29) is 5.82 Å². The van der Waals surface area contributed by atoms with Crippen LogP contribution in [0.1, 0.15) is 12.8 Å². The number of nitrogens with one attached hydrogen (secondary N) is 1. The molecule has 0 amide bonds. The van der Waals surface area contributed by atoms with Crippen LogP contribution in [0.5, 0.6) is 0 Å². The molecule has 1 fully saturated rings. The van der Waals surface area contributed by atoms with Gasteiger partial charge in [-0.25, -0.2) is 4.39 Å². The van der Waals surface area contributed by atoms with Gasteiger partial charge in [-0.05, 0) is 44.1 Å². The lowest BCUT2D eigenvalue weighted by molar-refractivity contribution is 0.352. The lowest BCUT2D eigenvalue weighted by atomic mass is 10.3. The van der Waals surface area contributed by atoms with Gasteiger partial charge in [0.05, 0.1) is 0 Å². The van der Waals surface area contributed by atoms with Gasteiger partial charge < -0.3 is 10.2 Å². The first-order valence-corrected chi connectivity index (χ1v) is 6.04. The predicted octanol–water partition coefficient (Wildman–Crippen LogP) is 2.99. The first-order valence-electron chi connectivity index (χ1n) is 5.66. The molecule has 1 N–H and O–H groups in total. The van der Waals surface area contributed by atoms with E-state index in [2.05, 4.69) is 10.2 Å². The molecule has 2 rings (SSSR count). The van der Waals surface area contributed by atoms with Gasteiger partial charge in [-0.2, -0.15) is 0 Å². The van der Waals surface area contributed by atoms with Crippen LogP contribution in [-0.2, 0) is 0 Å². The van der Waals surface area contributed by atoms with Crippen molar-refractivity contribution in [2.75, 3.05) is 31.5 Å². The highest BCUT2D eigenvalue weighted by atomic mass is 35.5. The number of nitrogens with zero attached hydrogens (tertiary/aromatic N) is 1. The maximum Gasteiger partial charge on any atom is 0.126 e. The van der Waals surface area contributed by atoms with Gasteiger partial charge in [-0.1, -0.05) is 11.6 Å². The highest BCUT2D eigenvalue weighted by Gasteiger charge is 2.10. The SMILES string of the molecule is Fc1cc(Cl)cc(NCCN2CCCC2)c1. The summed E-state index contributed by atoms with van der Waals surface area (Å²) >= 11 is 5.77. The molecule has 4 heteroatoms. The Morgan fingerprint density at radius 1 is 1.25 bits per heavy atom. The Kier molecular flexibility index (Phi) is 4.02. The Labute approximate surface area is 100 Å². The Morgan fingerprint density at radius 3 is 2.69 bits per heavy atom. The van der Waals surface area contributed by atoms with Crippen molar-refractivity contribution < 1.29 is 4.39 Å². The predicted molar refractivity (Wildman–Crippen MR) is 65.6 cm³/mol. The van der Waals surface area contributed by atoms with E-state index in [1.165, 1.54) is 38.1 Å². The second kappa shape index (κ2) is 5.51. The highest BCUT2D eigenvalue weighted by molar-refractivity contribution is 6.30. The van der Waals surface area contributed by atoms with Crippen LogP contribution in [-0.4, -0.2) is 31.1 Å². The van der Waals surface area contributed by atoms with Gasteiger partial charge in [0.15, 0.2) is 0 Å². The number of halogens is 2. The fraction of sp³-hybridized carbons (Fsp3) is 0.500. The fourth-order valence-electron chi connectivity index (χ4n) is 2.02. The van der Waals surface area contributed by atoms with E-state index in [0.29, 0.717) is 5.02 Å². The van der Waals surface area contributed by atoms with Crippen LogP contribution < -0.4 is 5.32 Å². The van der Waals surface area contributed by atoms with Crippen molar-refractivity contribution in [1.29, 1.82) is 0 Å². The largest absolute Gasteiger partial charge is 0.384 e. The van der Waals surface area contributed by atoms with E-state index in [1.807, 2.05) is 0 Å². The molecular weight excluding hydrogens is 227 g/mol. The Balaban J connectivity index is 1.80. The van der Waals surface area contributed by atoms with Crippen molar-refractivity contribution in [3.8, 4) is 0 Å². The molecule has 0 atom stereocenters. The number of rotatable bonds is 4. The van der Waals surface area contributed by atoms with Crippen LogP contribution >= 0.6 is 11.6 Å². The second-order valence-corrected chi connectivity index (χ2v) is 4.57. The maximum absolute atomic E-state index is 13.0. The smallest absolute Gasteiger partial charge is 0.126 e. The summed E-state index contributed by atoms with van der Waals surface area (Å²) in [7, 11) is 0. The monoisotopic (exact) mass is 242 g/mol. The van der Waals surface area contributed by atoms with E-state index in [9.17, 15) is 4.39 Å². The summed E-state index contributed by atoms with van der Waals surface area (Å²) < 4.78 is 13.0. The van der Waals surface area contributed by atoms with Crippen molar-refractivity contribution in [3.05, 3.63) is 29.0 Å². The maximum atomic E-state index is 13.0. The van der Waals surface area contributed by atoms with E-state index >= 15 is 0 Å². The first-order chi connectivity index (χ1) is 7.74. The van der Waals surface area contributed by atoms with Gasteiger partial charge in [0.1, 0.15) is 5.82 Å². The van der Waals surface area contributed by atoms with Crippen molar-refractivity contribution in [1.82, 2.24) is 4.90 Å². The van der Waals surface area contributed by atoms with Gasteiger partial charge in [0.2, 0.25) is 0 Å². The summed E-state index contributed by atoms with van der Waals surface area (Å²) in [5, 5.41) is 3.62. The second-order valence-electron chi connectivity index (χ2n) is 4.13. The van der Waals surface area contributed by atoms with E-state index in [0.717, 1.165) is 18.8 Å². The van der Waals surface area contributed by atoms with Crippen molar-refractivity contribution in [2.24, 2.45) is 0 Å². The molecule has 0 unspecified atom stereocenters. The molecule has 0 aliphatic carbocycles. The normalized spacial score (nSPS) is 16.6. The molecule has 1 aliphatic heterocycles. The average Bonchev–Trinajstić information content (AvgIpc) is 2.69. The van der Waals surface area contributed by atoms with E-state index in [1.54, 1.807) is 6.07 Å². The molecule has 16 heavy (non-hydrogen) atoms. The highest BCUT2D eigenvalue weighted by Crippen LogP contribution is 2.17. The Hall–Kier alpha value is -0.800. The first kappa shape index (κ1) is 11.7. The van der Waals surface area contributed by atoms with Gasteiger partial charge in [-0.15, -0.1) is 0 Å². The number of likely N-dealkylation sites (tertiary alicyclic amines) is 1. The van der Waals surface area contributed by atoms with Gasteiger partial charge in [0, 0.05) is 23.8 Å². The number of hydrogen-bond acceptors (Lipinski definition) is 2. The lowest BCUT2D eigenvalue weighted by Gasteiger charge is -2.15. The molecular formula is C12H16ClFN2.